The molecule has 0 atom stereocenters. The Morgan fingerprint density at radius 1 is 0.962 bits per heavy atom. The van der Waals surface area contributed by atoms with Crippen molar-refractivity contribution in [3.8, 4) is 0 Å². The summed E-state index contributed by atoms with van der Waals surface area (Å²) in [5.41, 5.74) is 0.899. The number of nitrogens with zero attached hydrogens (tertiary/aromatic N) is 2. The molecule has 0 amide bonds. The molecule has 0 unspecified atom stereocenters. The lowest BCUT2D eigenvalue weighted by Gasteiger charge is -2.11. The van der Waals surface area contributed by atoms with Crippen LogP contribution in [0.5, 0.6) is 0 Å². The number of hydrogen-bond donors (Lipinski definition) is 2. The summed E-state index contributed by atoms with van der Waals surface area (Å²) < 4.78 is 26.8. The van der Waals surface area contributed by atoms with Crippen LogP contribution >= 0.6 is 34.8 Å². The molecule has 0 aliphatic heterocycles. The maximum atomic E-state index is 12.2. The zero-order valence-electron chi connectivity index (χ0n) is 13.2. The number of fused-ring (bicyclic) bond motifs is 1. The second-order valence-corrected chi connectivity index (χ2v) is 8.28. The van der Waals surface area contributed by atoms with Gasteiger partial charge in [0.25, 0.3) is 0 Å². The molecule has 1 heterocycles. The van der Waals surface area contributed by atoms with Gasteiger partial charge >= 0.3 is 0 Å². The van der Waals surface area contributed by atoms with Crippen molar-refractivity contribution in [3.63, 3.8) is 0 Å². The molecule has 3 aromatic rings. The van der Waals surface area contributed by atoms with E-state index in [1.54, 1.807) is 42.5 Å². The van der Waals surface area contributed by atoms with E-state index < -0.39 is 10.0 Å². The van der Waals surface area contributed by atoms with E-state index in [0.29, 0.717) is 27.4 Å². The minimum atomic E-state index is -3.52. The molecule has 0 aliphatic rings. The zero-order valence-corrected chi connectivity index (χ0v) is 16.3. The predicted octanol–water partition coefficient (Wildman–Crippen LogP) is 4.44. The van der Waals surface area contributed by atoms with Gasteiger partial charge in [-0.25, -0.2) is 18.4 Å². The lowest BCUT2D eigenvalue weighted by molar-refractivity contribution is 0.601. The number of hydrogen-bond acceptors (Lipinski definition) is 5. The minimum Gasteiger partial charge on any atom is -0.368 e. The lowest BCUT2D eigenvalue weighted by atomic mass is 10.2. The Bertz CT molecular complexity index is 1050. The monoisotopic (exact) mass is 430 g/mol. The third-order valence-electron chi connectivity index (χ3n) is 3.44. The largest absolute Gasteiger partial charge is 0.368 e. The van der Waals surface area contributed by atoms with Crippen LogP contribution in [0.4, 0.5) is 11.5 Å². The Hall–Kier alpha value is -1.80. The summed E-state index contributed by atoms with van der Waals surface area (Å²) in [4.78, 5) is 8.18. The topological polar surface area (TPSA) is 84.0 Å². The number of anilines is 2. The van der Waals surface area contributed by atoms with Crippen LogP contribution in [0.25, 0.3) is 10.9 Å². The molecular weight excluding hydrogens is 419 g/mol. The van der Waals surface area contributed by atoms with Crippen molar-refractivity contribution >= 4 is 67.2 Å². The van der Waals surface area contributed by atoms with E-state index in [1.807, 2.05) is 0 Å². The molecule has 136 valence electrons. The fourth-order valence-corrected chi connectivity index (χ4v) is 3.78. The van der Waals surface area contributed by atoms with Gasteiger partial charge in [0.1, 0.15) is 5.82 Å². The third-order valence-corrected chi connectivity index (χ3v) is 5.69. The van der Waals surface area contributed by atoms with E-state index in [0.717, 1.165) is 0 Å². The first-order valence-electron chi connectivity index (χ1n) is 7.46. The molecule has 0 saturated carbocycles. The van der Waals surface area contributed by atoms with Gasteiger partial charge in [-0.2, -0.15) is 0 Å². The van der Waals surface area contributed by atoms with E-state index in [2.05, 4.69) is 20.0 Å². The van der Waals surface area contributed by atoms with Crippen molar-refractivity contribution in [2.24, 2.45) is 0 Å². The quantitative estimate of drug-likeness (QED) is 0.564. The Balaban J connectivity index is 1.75. The van der Waals surface area contributed by atoms with Crippen LogP contribution in [0.3, 0.4) is 0 Å². The van der Waals surface area contributed by atoms with Crippen molar-refractivity contribution in [2.45, 2.75) is 0 Å². The molecular formula is C16H13Cl3N4O2S. The van der Waals surface area contributed by atoms with E-state index in [-0.39, 0.29) is 22.6 Å². The van der Waals surface area contributed by atoms with Crippen molar-refractivity contribution in [1.82, 2.24) is 9.97 Å². The van der Waals surface area contributed by atoms with Crippen LogP contribution in [0.15, 0.2) is 42.5 Å². The molecule has 0 aliphatic carbocycles. The number of aromatic nitrogens is 2. The summed E-state index contributed by atoms with van der Waals surface area (Å²) in [6.07, 6.45) is 0. The van der Waals surface area contributed by atoms with E-state index >= 15 is 0 Å². The smallest absolute Gasteiger partial charge is 0.234 e. The Labute approximate surface area is 165 Å². The van der Waals surface area contributed by atoms with Crippen LogP contribution in [0, 0.1) is 0 Å². The summed E-state index contributed by atoms with van der Waals surface area (Å²) in [5.74, 6) is 0.222. The van der Waals surface area contributed by atoms with E-state index in [1.165, 1.54) is 0 Å². The molecule has 0 bridgehead atoms. The van der Waals surface area contributed by atoms with Crippen LogP contribution in [-0.4, -0.2) is 30.7 Å². The standard InChI is InChI=1S/C16H13Cl3N4O2S/c17-12-7-6-11-14(13(12)18)21-16(19)22-15(11)20-8-9-26(24,25)23-10-4-2-1-3-5-10/h1-7,23H,8-9H2,(H,20,21,22). The lowest BCUT2D eigenvalue weighted by Crippen LogP contribution is -2.22. The zero-order chi connectivity index (χ0) is 18.7. The number of halogens is 3. The molecule has 0 radical (unpaired) electrons. The fourth-order valence-electron chi connectivity index (χ4n) is 2.29. The summed E-state index contributed by atoms with van der Waals surface area (Å²) in [6.45, 7) is 0.116. The summed E-state index contributed by atoms with van der Waals surface area (Å²) in [6, 6.07) is 12.0. The predicted molar refractivity (Wildman–Crippen MR) is 107 cm³/mol. The maximum absolute atomic E-state index is 12.2. The maximum Gasteiger partial charge on any atom is 0.234 e. The van der Waals surface area contributed by atoms with Crippen molar-refractivity contribution in [2.75, 3.05) is 22.3 Å². The van der Waals surface area contributed by atoms with Crippen LogP contribution < -0.4 is 10.0 Å². The average molecular weight is 432 g/mol. The van der Waals surface area contributed by atoms with E-state index in [4.69, 9.17) is 34.8 Å². The highest BCUT2D eigenvalue weighted by atomic mass is 35.5. The van der Waals surface area contributed by atoms with Gasteiger partial charge in [-0.15, -0.1) is 0 Å². The van der Waals surface area contributed by atoms with Gasteiger partial charge < -0.3 is 5.32 Å². The van der Waals surface area contributed by atoms with Gasteiger partial charge in [0.2, 0.25) is 15.3 Å². The van der Waals surface area contributed by atoms with Crippen LogP contribution in [-0.2, 0) is 10.0 Å². The molecule has 1 aromatic heterocycles. The summed E-state index contributed by atoms with van der Waals surface area (Å²) >= 11 is 18.1. The SMILES string of the molecule is O=S(=O)(CCNc1nc(Cl)nc2c(Cl)c(Cl)ccc12)Nc1ccccc1. The number of para-hydroxylation sites is 1. The fraction of sp³-hybridized carbons (Fsp3) is 0.125. The second-order valence-electron chi connectivity index (χ2n) is 5.31. The second kappa shape index (κ2) is 7.84. The van der Waals surface area contributed by atoms with Crippen LogP contribution in [0.1, 0.15) is 0 Å². The molecule has 2 aromatic carbocycles. The molecule has 0 saturated heterocycles. The normalized spacial score (nSPS) is 11.5. The highest BCUT2D eigenvalue weighted by Gasteiger charge is 2.14. The summed E-state index contributed by atoms with van der Waals surface area (Å²) in [5, 5.41) is 4.14. The van der Waals surface area contributed by atoms with Gasteiger partial charge in [-0.3, -0.25) is 4.72 Å². The highest BCUT2D eigenvalue weighted by Crippen LogP contribution is 2.33. The van der Waals surface area contributed by atoms with Crippen molar-refractivity contribution in [1.29, 1.82) is 0 Å². The first-order valence-corrected chi connectivity index (χ1v) is 10.2. The van der Waals surface area contributed by atoms with Gasteiger partial charge in [-0.05, 0) is 35.9 Å². The van der Waals surface area contributed by atoms with Gasteiger partial charge in [0, 0.05) is 17.6 Å². The number of sulfonamides is 1. The van der Waals surface area contributed by atoms with Gasteiger partial charge in [0.05, 0.1) is 21.3 Å². The highest BCUT2D eigenvalue weighted by molar-refractivity contribution is 7.92. The summed E-state index contributed by atoms with van der Waals surface area (Å²) in [7, 11) is -3.52. The first-order chi connectivity index (χ1) is 12.4. The van der Waals surface area contributed by atoms with E-state index in [9.17, 15) is 8.42 Å². The Morgan fingerprint density at radius 3 is 2.42 bits per heavy atom. The average Bonchev–Trinajstić information content (AvgIpc) is 2.59. The number of benzene rings is 2. The third kappa shape index (κ3) is 4.48. The van der Waals surface area contributed by atoms with Crippen molar-refractivity contribution in [3.05, 3.63) is 57.8 Å². The van der Waals surface area contributed by atoms with Gasteiger partial charge in [0.15, 0.2) is 0 Å². The Kier molecular flexibility index (Phi) is 5.72. The van der Waals surface area contributed by atoms with Crippen molar-refractivity contribution < 1.29 is 8.42 Å². The Morgan fingerprint density at radius 2 is 1.69 bits per heavy atom. The molecule has 0 spiro atoms. The van der Waals surface area contributed by atoms with Crippen LogP contribution in [0.2, 0.25) is 15.3 Å². The molecule has 6 nitrogen and oxygen atoms in total. The molecule has 3 rings (SSSR count). The molecule has 26 heavy (non-hydrogen) atoms. The molecule has 2 N–H and O–H groups in total. The first kappa shape index (κ1) is 19.0. The molecule has 10 heteroatoms. The molecule has 0 fully saturated rings. The minimum absolute atomic E-state index is 0.0190. The number of rotatable bonds is 6. The number of nitrogens with one attached hydrogen (secondary N) is 2. The van der Waals surface area contributed by atoms with Gasteiger partial charge in [-0.1, -0.05) is 41.4 Å².